The molecule has 0 N–H and O–H groups in total. The minimum atomic E-state index is -0.184. The van der Waals surface area contributed by atoms with Crippen LogP contribution in [-0.2, 0) is 25.4 Å². The van der Waals surface area contributed by atoms with Gasteiger partial charge >= 0.3 is 16.6 Å². The zero-order valence-electron chi connectivity index (χ0n) is 3.65. The van der Waals surface area contributed by atoms with Crippen LogP contribution in [0, 0.1) is 0 Å². The van der Waals surface area contributed by atoms with Gasteiger partial charge in [-0.3, -0.25) is 4.79 Å². The van der Waals surface area contributed by atoms with Gasteiger partial charge in [0, 0.05) is 23.7 Å². The quantitative estimate of drug-likeness (QED) is 0.415. The van der Waals surface area contributed by atoms with Gasteiger partial charge < -0.3 is 3.79 Å². The fraction of sp³-hybridized carbons (Fsp3) is 0.500. The van der Waals surface area contributed by atoms with Crippen LogP contribution in [0.3, 0.4) is 0 Å². The van der Waals surface area contributed by atoms with Crippen molar-refractivity contribution in [2.45, 2.75) is 6.92 Å². The van der Waals surface area contributed by atoms with Crippen LogP contribution < -0.4 is 0 Å². The van der Waals surface area contributed by atoms with Gasteiger partial charge in [-0.1, -0.05) is 0 Å². The molecule has 0 atom stereocenters. The third-order valence-corrected chi connectivity index (χ3v) is 0.862. The van der Waals surface area contributed by atoms with Gasteiger partial charge in [0.2, 0.25) is 0 Å². The molecule has 0 saturated heterocycles. The summed E-state index contributed by atoms with van der Waals surface area (Å²) in [5.74, 6) is -0.184. The molecule has 4 heteroatoms. The Morgan fingerprint density at radius 1 is 1.83 bits per heavy atom. The molecule has 0 aliphatic carbocycles. The van der Waals surface area contributed by atoms with E-state index < -0.39 is 0 Å². The van der Waals surface area contributed by atoms with Crippen LogP contribution in [0.4, 0.5) is 0 Å². The van der Waals surface area contributed by atoms with Gasteiger partial charge in [-0.15, -0.1) is 0 Å². The first-order valence-corrected chi connectivity index (χ1v) is 2.13. The molecule has 0 bridgehead atoms. The molecule has 0 aromatic carbocycles. The maximum atomic E-state index is 9.62. The molecule has 1 radical (unpaired) electrons. The first-order valence-electron chi connectivity index (χ1n) is 1.32. The van der Waals surface area contributed by atoms with Crippen molar-refractivity contribution in [3.8, 4) is 0 Å². The van der Waals surface area contributed by atoms with Crippen molar-refractivity contribution < 1.29 is 25.4 Å². The van der Waals surface area contributed by atoms with E-state index in [0.717, 1.165) is 0 Å². The molecule has 0 aliphatic heterocycles. The van der Waals surface area contributed by atoms with E-state index in [-0.39, 0.29) is 22.7 Å². The molecule has 6 heavy (non-hydrogen) atoms. The van der Waals surface area contributed by atoms with Crippen LogP contribution in [0.5, 0.6) is 0 Å². The molecule has 0 spiro atoms. The number of rotatable bonds is 0. The van der Waals surface area contributed by atoms with E-state index in [1.807, 2.05) is 0 Å². The van der Waals surface area contributed by atoms with Crippen LogP contribution in [0.15, 0.2) is 0 Å². The van der Waals surface area contributed by atoms with Crippen molar-refractivity contribution in [1.82, 2.24) is 0 Å². The van der Waals surface area contributed by atoms with E-state index in [4.69, 9.17) is 0 Å². The summed E-state index contributed by atoms with van der Waals surface area (Å²) in [6.07, 6.45) is 0. The summed E-state index contributed by atoms with van der Waals surface area (Å²) < 4.78 is 4.25. The molecule has 0 unspecified atom stereocenters. The summed E-state index contributed by atoms with van der Waals surface area (Å²) in [5, 5.41) is 0. The maximum Gasteiger partial charge on any atom is 0.499 e. The average Bonchev–Trinajstić information content (AvgIpc) is 1.38. The average molecular weight is 147 g/mol. The van der Waals surface area contributed by atoms with E-state index in [1.165, 1.54) is 6.92 Å². The largest absolute Gasteiger partial charge is 0.622 e. The number of hydrogen-bond donors (Lipinski definition) is 0. The van der Waals surface area contributed by atoms with E-state index in [2.05, 4.69) is 3.79 Å². The van der Waals surface area contributed by atoms with E-state index in [0.29, 0.717) is 16.6 Å². The Morgan fingerprint density at radius 2 is 2.00 bits per heavy atom. The van der Waals surface area contributed by atoms with E-state index >= 15 is 0 Å². The molecule has 0 fully saturated rings. The van der Waals surface area contributed by atoms with Crippen LogP contribution in [0.1, 0.15) is 6.92 Å². The second-order valence-corrected chi connectivity index (χ2v) is 1.10. The molecule has 0 rings (SSSR count). The van der Waals surface area contributed by atoms with Crippen LogP contribution in [-0.4, -0.2) is 22.6 Å². The van der Waals surface area contributed by atoms with Crippen LogP contribution in [0.25, 0.3) is 0 Å². The second kappa shape index (κ2) is 5.51. The predicted octanol–water partition coefficient (Wildman–Crippen LogP) is -0.905. The second-order valence-electron chi connectivity index (χ2n) is 0.696. The van der Waals surface area contributed by atoms with Crippen LogP contribution >= 0.6 is 0 Å². The first-order chi connectivity index (χ1) is 2.27. The third kappa shape index (κ3) is 8.82. The summed E-state index contributed by atoms with van der Waals surface area (Å²) in [4.78, 5) is 9.62. The predicted molar refractivity (Wildman–Crippen MR) is 20.3 cm³/mol. The molecule has 0 saturated carbocycles. The minimum Gasteiger partial charge on any atom is -0.622 e. The zero-order chi connectivity index (χ0) is 4.28. The number of carbonyl (C=O) groups is 1. The van der Waals surface area contributed by atoms with Gasteiger partial charge in [-0.25, -0.2) is 0 Å². The fourth-order valence-corrected chi connectivity index (χ4v) is 0. The van der Waals surface area contributed by atoms with Gasteiger partial charge in [0.05, 0.1) is 0 Å². The van der Waals surface area contributed by atoms with Crippen molar-refractivity contribution in [3.63, 3.8) is 0 Å². The SMILES string of the molecule is CC(=O)[O][AlH2].[Co]. The maximum absolute atomic E-state index is 9.62. The molecule has 2 nitrogen and oxygen atoms in total. The Balaban J connectivity index is 0. The Hall–Kier alpha value is 0.509. The standard InChI is InChI=1S/C2H4O2.Al.Co.2H/c1-2(3)4;;;;/h1H3,(H,3,4);;;;/q;+1;;;/p-1. The molecular weight excluding hydrogens is 142 g/mol. The molecule has 37 valence electrons. The fourth-order valence-electron chi connectivity index (χ4n) is 0. The van der Waals surface area contributed by atoms with Gasteiger partial charge in [-0.2, -0.15) is 0 Å². The van der Waals surface area contributed by atoms with Crippen molar-refractivity contribution in [1.29, 1.82) is 0 Å². The van der Waals surface area contributed by atoms with Gasteiger partial charge in [0.25, 0.3) is 5.97 Å². The summed E-state index contributed by atoms with van der Waals surface area (Å²) in [6.45, 7) is 1.40. The monoisotopic (exact) mass is 147 g/mol. The Labute approximate surface area is 55.2 Å². The smallest absolute Gasteiger partial charge is 0.499 e. The normalized spacial score (nSPS) is 5.50. The summed E-state index contributed by atoms with van der Waals surface area (Å²) >= 11 is 0.524. The van der Waals surface area contributed by atoms with Crippen molar-refractivity contribution in [3.05, 3.63) is 0 Å². The summed E-state index contributed by atoms with van der Waals surface area (Å²) in [7, 11) is 0. The van der Waals surface area contributed by atoms with E-state index in [1.54, 1.807) is 0 Å². The Morgan fingerprint density at radius 3 is 2.00 bits per heavy atom. The van der Waals surface area contributed by atoms with Gasteiger partial charge in [0.1, 0.15) is 0 Å². The number of hydrogen-bond acceptors (Lipinski definition) is 2. The van der Waals surface area contributed by atoms with Crippen molar-refractivity contribution in [2.24, 2.45) is 0 Å². The topological polar surface area (TPSA) is 26.3 Å². The molecule has 0 aromatic heterocycles. The zero-order valence-corrected chi connectivity index (χ0v) is 6.69. The minimum absolute atomic E-state index is 0. The van der Waals surface area contributed by atoms with Crippen molar-refractivity contribution >= 4 is 22.6 Å². The van der Waals surface area contributed by atoms with Gasteiger partial charge in [0.15, 0.2) is 0 Å². The molecule has 0 heterocycles. The summed E-state index contributed by atoms with van der Waals surface area (Å²) in [6, 6.07) is 0. The molecule has 0 amide bonds. The van der Waals surface area contributed by atoms with Gasteiger partial charge in [-0.05, 0) is 0 Å². The Bertz CT molecular complexity index is 46.8. The molecule has 0 aromatic rings. The van der Waals surface area contributed by atoms with Crippen molar-refractivity contribution in [2.75, 3.05) is 0 Å². The summed E-state index contributed by atoms with van der Waals surface area (Å²) in [5.41, 5.74) is 0. The Kier molecular flexibility index (Phi) is 8.92. The third-order valence-electron chi connectivity index (χ3n) is 0.287. The number of carbonyl (C=O) groups excluding carboxylic acids is 1. The first kappa shape index (κ1) is 9.72. The molecular formula is C2H5AlCoO2. The van der Waals surface area contributed by atoms with E-state index in [9.17, 15) is 4.79 Å². The molecule has 0 aliphatic rings. The van der Waals surface area contributed by atoms with Crippen LogP contribution in [0.2, 0.25) is 0 Å².